The topological polar surface area (TPSA) is 18.5 Å². The van der Waals surface area contributed by atoms with Gasteiger partial charge in [-0.1, -0.05) is 46.2 Å². The Balaban J connectivity index is 5.58. The highest BCUT2D eigenvalue weighted by Crippen LogP contribution is 2.61. The molecule has 18 heavy (non-hydrogen) atoms. The highest BCUT2D eigenvalue weighted by atomic mass is 31.6. The Labute approximate surface area is 119 Å². The zero-order chi connectivity index (χ0) is 14.8. The summed E-state index contributed by atoms with van der Waals surface area (Å²) >= 11 is 0. The second-order valence-corrected chi connectivity index (χ2v) is 33.4. The van der Waals surface area contributed by atoms with Gasteiger partial charge >= 0.3 is 8.56 Å². The van der Waals surface area contributed by atoms with Crippen LogP contribution in [-0.4, -0.2) is 43.5 Å². The van der Waals surface area contributed by atoms with Crippen molar-refractivity contribution in [2.24, 2.45) is 0 Å². The van der Waals surface area contributed by atoms with Gasteiger partial charge in [0, 0.05) is 19.5 Å². The Hall–Kier alpha value is 1.00. The average molecular weight is 325 g/mol. The molecule has 0 rings (SSSR count). The Bertz CT molecular complexity index is 243. The van der Waals surface area contributed by atoms with Crippen molar-refractivity contribution < 1.29 is 8.85 Å². The highest BCUT2D eigenvalue weighted by Gasteiger charge is 2.51. The molecule has 0 spiro atoms. The first-order valence-electron chi connectivity index (χ1n) is 6.83. The lowest BCUT2D eigenvalue weighted by molar-refractivity contribution is 0.246. The summed E-state index contributed by atoms with van der Waals surface area (Å²) < 4.78 is 11.8. The first-order chi connectivity index (χ1) is 7.94. The van der Waals surface area contributed by atoms with Crippen LogP contribution in [0.3, 0.4) is 0 Å². The van der Waals surface area contributed by atoms with Crippen LogP contribution < -0.4 is 0 Å². The van der Waals surface area contributed by atoms with Crippen molar-refractivity contribution in [2.45, 2.75) is 64.5 Å². The highest BCUT2D eigenvalue weighted by molar-refractivity contribution is 8.19. The molecule has 0 aliphatic rings. The summed E-state index contributed by atoms with van der Waals surface area (Å²) in [6, 6.07) is 0. The van der Waals surface area contributed by atoms with Crippen LogP contribution in [0.1, 0.15) is 13.3 Å². The average Bonchev–Trinajstić information content (AvgIpc) is 2.21. The molecule has 0 aromatic heterocycles. The van der Waals surface area contributed by atoms with Crippen molar-refractivity contribution in [1.29, 1.82) is 0 Å². The maximum atomic E-state index is 5.89. The fourth-order valence-corrected chi connectivity index (χ4v) is 53.3. The lowest BCUT2D eigenvalue weighted by Crippen LogP contribution is -2.53. The van der Waals surface area contributed by atoms with Crippen molar-refractivity contribution >= 4 is 31.1 Å². The van der Waals surface area contributed by atoms with Gasteiger partial charge in [-0.15, -0.1) is 7.02 Å². The van der Waals surface area contributed by atoms with E-state index in [0.717, 1.165) is 0 Å². The minimum Gasteiger partial charge on any atom is -0.397 e. The van der Waals surface area contributed by atoms with Crippen LogP contribution in [-0.2, 0) is 8.85 Å². The van der Waals surface area contributed by atoms with E-state index in [1.54, 1.807) is 0 Å². The Kier molecular flexibility index (Phi) is 7.00. The Morgan fingerprint density at radius 1 is 0.833 bits per heavy atom. The predicted octanol–water partition coefficient (Wildman–Crippen LogP) is 4.82. The normalized spacial score (nSPS) is 16.2. The van der Waals surface area contributed by atoms with Crippen molar-refractivity contribution in [3.8, 4) is 0 Å². The van der Waals surface area contributed by atoms with Gasteiger partial charge in [0.25, 0.3) is 0 Å². The van der Waals surface area contributed by atoms with Crippen LogP contribution in [0.2, 0.25) is 45.8 Å². The van der Waals surface area contributed by atoms with Crippen molar-refractivity contribution in [3.63, 3.8) is 0 Å². The molecule has 6 heteroatoms. The standard InChI is InChI=1S/C12H33O2PSi3/c1-11-12(18(10,13-2)14-3)15(16(4,5)6)17(7,8)9/h12H,11H2,1-10H3. The zero-order valence-corrected chi connectivity index (χ0v) is 17.9. The molecular weight excluding hydrogens is 291 g/mol. The third-order valence-electron chi connectivity index (χ3n) is 3.56. The summed E-state index contributed by atoms with van der Waals surface area (Å²) in [6.07, 6.45) is 1.21. The second-order valence-electron chi connectivity index (χ2n) is 7.06. The summed E-state index contributed by atoms with van der Waals surface area (Å²) in [5.74, 6) is 0. The molecule has 1 atom stereocenters. The molecule has 0 heterocycles. The largest absolute Gasteiger partial charge is 0.397 e. The molecule has 1 unspecified atom stereocenters. The van der Waals surface area contributed by atoms with E-state index >= 15 is 0 Å². The maximum absolute atomic E-state index is 5.89. The first-order valence-corrected chi connectivity index (χ1v) is 19.3. The summed E-state index contributed by atoms with van der Waals surface area (Å²) in [6.45, 7) is 19.8. The molecule has 0 N–H and O–H groups in total. The van der Waals surface area contributed by atoms with Crippen LogP contribution >= 0.6 is 7.02 Å². The SMILES string of the molecule is CCC(P([Si](C)(C)C)[Si](C)(C)C)[Si](C)(OC)OC. The van der Waals surface area contributed by atoms with Gasteiger partial charge in [-0.05, 0) is 13.0 Å². The number of rotatable bonds is 7. The van der Waals surface area contributed by atoms with Crippen LogP contribution in [0.15, 0.2) is 0 Å². The lowest BCUT2D eigenvalue weighted by Gasteiger charge is -2.48. The van der Waals surface area contributed by atoms with E-state index in [-0.39, 0.29) is 7.02 Å². The maximum Gasteiger partial charge on any atom is 0.341 e. The van der Waals surface area contributed by atoms with E-state index in [2.05, 4.69) is 52.8 Å². The van der Waals surface area contributed by atoms with Crippen molar-refractivity contribution in [2.75, 3.05) is 14.2 Å². The quantitative estimate of drug-likeness (QED) is 0.494. The summed E-state index contributed by atoms with van der Waals surface area (Å²) in [4.78, 5) is 0. The summed E-state index contributed by atoms with van der Waals surface area (Å²) in [7, 11) is -0.527. The molecule has 110 valence electrons. The smallest absolute Gasteiger partial charge is 0.341 e. The minimum atomic E-state index is -2.01. The van der Waals surface area contributed by atoms with Crippen molar-refractivity contribution in [1.82, 2.24) is 0 Å². The molecule has 2 nitrogen and oxygen atoms in total. The van der Waals surface area contributed by atoms with Gasteiger partial charge in [0.1, 0.15) is 0 Å². The van der Waals surface area contributed by atoms with Gasteiger partial charge in [-0.25, -0.2) is 0 Å². The summed E-state index contributed by atoms with van der Waals surface area (Å²) in [5, 5.41) is 0.695. The number of hydrogen-bond donors (Lipinski definition) is 0. The van der Waals surface area contributed by atoms with E-state index in [1.807, 2.05) is 14.2 Å². The predicted molar refractivity (Wildman–Crippen MR) is 93.3 cm³/mol. The van der Waals surface area contributed by atoms with Gasteiger partial charge in [0.05, 0.1) is 15.5 Å². The van der Waals surface area contributed by atoms with Gasteiger partial charge in [0.2, 0.25) is 0 Å². The molecule has 0 aliphatic heterocycles. The molecule has 0 aromatic rings. The fraction of sp³-hybridized carbons (Fsp3) is 1.00. The zero-order valence-electron chi connectivity index (χ0n) is 14.0. The number of hydrogen-bond acceptors (Lipinski definition) is 2. The molecular formula is C12H33O2PSi3. The minimum absolute atomic E-state index is 0.0836. The molecule has 0 bridgehead atoms. The third-order valence-corrected chi connectivity index (χ3v) is 37.0. The van der Waals surface area contributed by atoms with Gasteiger partial charge in [0.15, 0.2) is 0 Å². The lowest BCUT2D eigenvalue weighted by atomic mass is 10.6. The van der Waals surface area contributed by atoms with E-state index in [9.17, 15) is 0 Å². The van der Waals surface area contributed by atoms with Crippen LogP contribution in [0.5, 0.6) is 0 Å². The van der Waals surface area contributed by atoms with Crippen LogP contribution in [0.25, 0.3) is 0 Å². The van der Waals surface area contributed by atoms with E-state index in [0.29, 0.717) is 5.28 Å². The molecule has 0 aliphatic carbocycles. The third kappa shape index (κ3) is 4.53. The Morgan fingerprint density at radius 3 is 1.33 bits per heavy atom. The van der Waals surface area contributed by atoms with Crippen molar-refractivity contribution in [3.05, 3.63) is 0 Å². The molecule has 0 saturated heterocycles. The Morgan fingerprint density at radius 2 is 1.17 bits per heavy atom. The molecule has 0 saturated carbocycles. The molecule has 0 amide bonds. The van der Waals surface area contributed by atoms with Gasteiger partial charge in [-0.3, -0.25) is 0 Å². The fourth-order valence-electron chi connectivity index (χ4n) is 3.08. The van der Waals surface area contributed by atoms with Crippen LogP contribution in [0.4, 0.5) is 0 Å². The van der Waals surface area contributed by atoms with E-state index in [4.69, 9.17) is 8.85 Å². The van der Waals surface area contributed by atoms with Gasteiger partial charge < -0.3 is 8.85 Å². The molecule has 0 fully saturated rings. The van der Waals surface area contributed by atoms with E-state index in [1.165, 1.54) is 6.42 Å². The first kappa shape index (κ1) is 19.0. The van der Waals surface area contributed by atoms with Gasteiger partial charge in [-0.2, -0.15) is 0 Å². The van der Waals surface area contributed by atoms with E-state index < -0.39 is 24.0 Å². The summed E-state index contributed by atoms with van der Waals surface area (Å²) in [5.41, 5.74) is 0. The monoisotopic (exact) mass is 324 g/mol. The molecule has 0 radical (unpaired) electrons. The second kappa shape index (κ2) is 6.64. The molecule has 0 aromatic carbocycles. The van der Waals surface area contributed by atoms with Crippen LogP contribution in [0, 0.1) is 0 Å².